The van der Waals surface area contributed by atoms with Gasteiger partial charge in [-0.3, -0.25) is 9.89 Å². The number of nitriles is 1. The monoisotopic (exact) mass is 330 g/mol. The lowest BCUT2D eigenvalue weighted by atomic mass is 10.1. The fourth-order valence-corrected chi connectivity index (χ4v) is 2.31. The van der Waals surface area contributed by atoms with Gasteiger partial charge in [-0.1, -0.05) is 42.5 Å². The van der Waals surface area contributed by atoms with Gasteiger partial charge in [0.05, 0.1) is 17.6 Å². The molecular weight excluding hydrogens is 316 g/mol. The Hall–Kier alpha value is -3.85. The van der Waals surface area contributed by atoms with Gasteiger partial charge >= 0.3 is 0 Å². The van der Waals surface area contributed by atoms with Crippen molar-refractivity contribution in [2.75, 3.05) is 5.32 Å². The van der Waals surface area contributed by atoms with Crippen molar-refractivity contribution in [3.05, 3.63) is 71.9 Å². The minimum atomic E-state index is -0.607. The number of hydrogen-bond acceptors (Lipinski definition) is 4. The zero-order valence-electron chi connectivity index (χ0n) is 13.1. The van der Waals surface area contributed by atoms with Gasteiger partial charge in [-0.2, -0.15) is 10.4 Å². The Labute approximate surface area is 144 Å². The zero-order chi connectivity index (χ0) is 17.6. The molecule has 1 heterocycles. The number of carbonyl (C=O) groups is 1. The van der Waals surface area contributed by atoms with Gasteiger partial charge in [0.25, 0.3) is 5.91 Å². The van der Waals surface area contributed by atoms with Crippen LogP contribution in [-0.2, 0) is 4.79 Å². The van der Waals surface area contributed by atoms with Gasteiger partial charge in [0.15, 0.2) is 0 Å². The predicted molar refractivity (Wildman–Crippen MR) is 94.4 cm³/mol. The number of aromatic amines is 1. The van der Waals surface area contributed by atoms with E-state index in [4.69, 9.17) is 0 Å². The zero-order valence-corrected chi connectivity index (χ0v) is 13.1. The normalized spacial score (nSPS) is 10.9. The highest BCUT2D eigenvalue weighted by atomic mass is 16.3. The third-order valence-corrected chi connectivity index (χ3v) is 3.55. The topological polar surface area (TPSA) is 102 Å². The van der Waals surface area contributed by atoms with Crippen molar-refractivity contribution in [2.45, 2.75) is 0 Å². The maximum Gasteiger partial charge on any atom is 0.266 e. The number of benzene rings is 2. The first kappa shape index (κ1) is 16.0. The summed E-state index contributed by atoms with van der Waals surface area (Å²) in [5.74, 6) is -0.675. The summed E-state index contributed by atoms with van der Waals surface area (Å²) in [5.41, 5.74) is 2.37. The number of aromatic nitrogens is 2. The highest BCUT2D eigenvalue weighted by Crippen LogP contribution is 2.24. The van der Waals surface area contributed by atoms with E-state index in [9.17, 15) is 15.2 Å². The van der Waals surface area contributed by atoms with Gasteiger partial charge in [-0.15, -0.1) is 0 Å². The molecule has 0 aliphatic carbocycles. The molecule has 0 radical (unpaired) electrons. The van der Waals surface area contributed by atoms with Crippen LogP contribution in [0.25, 0.3) is 17.3 Å². The van der Waals surface area contributed by atoms with Crippen molar-refractivity contribution in [3.8, 4) is 23.1 Å². The van der Waals surface area contributed by atoms with E-state index >= 15 is 0 Å². The van der Waals surface area contributed by atoms with Crippen LogP contribution in [0.1, 0.15) is 5.56 Å². The second-order valence-corrected chi connectivity index (χ2v) is 5.21. The van der Waals surface area contributed by atoms with Crippen LogP contribution >= 0.6 is 0 Å². The number of aromatic hydroxyl groups is 1. The number of phenolic OH excluding ortho intramolecular Hbond substituents is 1. The van der Waals surface area contributed by atoms with Crippen molar-refractivity contribution in [2.24, 2.45) is 0 Å². The minimum absolute atomic E-state index is 0.0681. The number of carbonyl (C=O) groups excluding carboxylic acids is 1. The molecule has 1 aromatic heterocycles. The van der Waals surface area contributed by atoms with Crippen LogP contribution in [-0.4, -0.2) is 21.2 Å². The fraction of sp³-hybridized carbons (Fsp3) is 0. The number of hydrogen-bond donors (Lipinski definition) is 3. The number of H-pyrrole nitrogens is 1. The third-order valence-electron chi connectivity index (χ3n) is 3.55. The van der Waals surface area contributed by atoms with Crippen LogP contribution < -0.4 is 5.32 Å². The average Bonchev–Trinajstić information content (AvgIpc) is 3.10. The van der Waals surface area contributed by atoms with Crippen molar-refractivity contribution in [1.29, 1.82) is 5.26 Å². The van der Waals surface area contributed by atoms with E-state index in [2.05, 4.69) is 15.5 Å². The molecule has 0 fully saturated rings. The van der Waals surface area contributed by atoms with Crippen molar-refractivity contribution in [1.82, 2.24) is 10.2 Å². The number of phenols is 1. The molecular formula is C19H14N4O2. The highest BCUT2D eigenvalue weighted by molar-refractivity contribution is 6.10. The maximum absolute atomic E-state index is 12.3. The Bertz CT molecular complexity index is 968. The molecule has 3 aromatic rings. The number of rotatable bonds is 4. The first-order chi connectivity index (χ1) is 12.2. The molecule has 0 spiro atoms. The molecule has 0 unspecified atom stereocenters. The average molecular weight is 330 g/mol. The van der Waals surface area contributed by atoms with Crippen molar-refractivity contribution < 1.29 is 9.90 Å². The third kappa shape index (κ3) is 3.57. The van der Waals surface area contributed by atoms with Crippen LogP contribution in [0.5, 0.6) is 5.75 Å². The molecule has 122 valence electrons. The lowest BCUT2D eigenvalue weighted by Crippen LogP contribution is -2.13. The molecule has 0 aliphatic rings. The summed E-state index contributed by atoms with van der Waals surface area (Å²) >= 11 is 0. The molecule has 6 nitrogen and oxygen atoms in total. The SMILES string of the molecule is N#C/C(=C/c1cn[nH]c1-c1ccccc1)C(=O)Nc1ccccc1O. The Kier molecular flexibility index (Phi) is 4.58. The predicted octanol–water partition coefficient (Wildman–Crippen LogP) is 3.33. The van der Waals surface area contributed by atoms with Crippen molar-refractivity contribution in [3.63, 3.8) is 0 Å². The summed E-state index contributed by atoms with van der Waals surface area (Å²) < 4.78 is 0. The molecule has 2 aromatic carbocycles. The summed E-state index contributed by atoms with van der Waals surface area (Å²) in [7, 11) is 0. The van der Waals surface area contributed by atoms with E-state index in [1.807, 2.05) is 36.4 Å². The molecule has 0 bridgehead atoms. The first-order valence-electron chi connectivity index (χ1n) is 7.49. The van der Waals surface area contributed by atoms with Crippen molar-refractivity contribution >= 4 is 17.7 Å². The second-order valence-electron chi connectivity index (χ2n) is 5.21. The summed E-state index contributed by atoms with van der Waals surface area (Å²) in [5, 5.41) is 28.5. The van der Waals surface area contributed by atoms with E-state index < -0.39 is 5.91 Å². The minimum Gasteiger partial charge on any atom is -0.506 e. The van der Waals surface area contributed by atoms with Gasteiger partial charge in [-0.05, 0) is 18.2 Å². The number of nitrogens with one attached hydrogen (secondary N) is 2. The Morgan fingerprint density at radius 1 is 1.16 bits per heavy atom. The van der Waals surface area contributed by atoms with Gasteiger partial charge in [0.2, 0.25) is 0 Å². The summed E-state index contributed by atoms with van der Waals surface area (Å²) in [6.45, 7) is 0. The fourth-order valence-electron chi connectivity index (χ4n) is 2.31. The molecule has 0 aliphatic heterocycles. The number of para-hydroxylation sites is 2. The standard InChI is InChI=1S/C19H14N4O2/c20-11-14(19(25)22-16-8-4-5-9-17(16)24)10-15-12-21-23-18(15)13-6-2-1-3-7-13/h1-10,12,24H,(H,21,23)(H,22,25)/b14-10-. The summed E-state index contributed by atoms with van der Waals surface area (Å²) in [4.78, 5) is 12.3. The van der Waals surface area contributed by atoms with Gasteiger partial charge in [0, 0.05) is 11.1 Å². The maximum atomic E-state index is 12.3. The Morgan fingerprint density at radius 3 is 2.60 bits per heavy atom. The highest BCUT2D eigenvalue weighted by Gasteiger charge is 2.13. The van der Waals surface area contributed by atoms with E-state index in [1.54, 1.807) is 24.4 Å². The van der Waals surface area contributed by atoms with E-state index in [0.29, 0.717) is 11.3 Å². The summed E-state index contributed by atoms with van der Waals surface area (Å²) in [6, 6.07) is 17.7. The molecule has 0 saturated heterocycles. The smallest absolute Gasteiger partial charge is 0.266 e. The van der Waals surface area contributed by atoms with E-state index in [0.717, 1.165) is 5.56 Å². The Balaban J connectivity index is 1.90. The molecule has 1 amide bonds. The van der Waals surface area contributed by atoms with Crippen LogP contribution in [0.3, 0.4) is 0 Å². The largest absolute Gasteiger partial charge is 0.506 e. The first-order valence-corrected chi connectivity index (χ1v) is 7.49. The second kappa shape index (κ2) is 7.15. The van der Waals surface area contributed by atoms with Crippen LogP contribution in [0.4, 0.5) is 5.69 Å². The van der Waals surface area contributed by atoms with Gasteiger partial charge < -0.3 is 10.4 Å². The summed E-state index contributed by atoms with van der Waals surface area (Å²) in [6.07, 6.45) is 3.01. The van der Waals surface area contributed by atoms with Gasteiger partial charge in [0.1, 0.15) is 17.4 Å². The molecule has 25 heavy (non-hydrogen) atoms. The molecule has 0 atom stereocenters. The molecule has 3 N–H and O–H groups in total. The molecule has 0 saturated carbocycles. The molecule has 6 heteroatoms. The molecule has 3 rings (SSSR count). The van der Waals surface area contributed by atoms with Crippen LogP contribution in [0.2, 0.25) is 0 Å². The number of anilines is 1. The van der Waals surface area contributed by atoms with Crippen LogP contribution in [0.15, 0.2) is 66.4 Å². The van der Waals surface area contributed by atoms with E-state index in [-0.39, 0.29) is 17.0 Å². The number of amides is 1. The quantitative estimate of drug-likeness (QED) is 0.388. The van der Waals surface area contributed by atoms with Crippen LogP contribution in [0, 0.1) is 11.3 Å². The number of nitrogens with zero attached hydrogens (tertiary/aromatic N) is 2. The lowest BCUT2D eigenvalue weighted by Gasteiger charge is -2.06. The lowest BCUT2D eigenvalue weighted by molar-refractivity contribution is -0.112. The van der Waals surface area contributed by atoms with E-state index in [1.165, 1.54) is 12.1 Å². The van der Waals surface area contributed by atoms with Gasteiger partial charge in [-0.25, -0.2) is 0 Å². The Morgan fingerprint density at radius 2 is 1.88 bits per heavy atom.